The van der Waals surface area contributed by atoms with Crippen LogP contribution in [0.25, 0.3) is 4.96 Å². The molecule has 2 N–H and O–H groups in total. The highest BCUT2D eigenvalue weighted by atomic mass is 32.1. The van der Waals surface area contributed by atoms with Gasteiger partial charge in [-0.2, -0.15) is 9.61 Å². The molecule has 0 unspecified atom stereocenters. The summed E-state index contributed by atoms with van der Waals surface area (Å²) >= 11 is 1.59. The van der Waals surface area contributed by atoms with Crippen LogP contribution in [0.15, 0.2) is 0 Å². The van der Waals surface area contributed by atoms with E-state index in [2.05, 4.69) is 15.3 Å². The number of fused-ring (bicyclic) bond motifs is 1. The molecule has 3 rings (SSSR count). The van der Waals surface area contributed by atoms with Crippen molar-refractivity contribution < 1.29 is 0 Å². The van der Waals surface area contributed by atoms with Crippen molar-refractivity contribution in [3.63, 3.8) is 0 Å². The number of aromatic nitrogens is 4. The molecule has 0 radical (unpaired) electrons. The molecule has 16 heavy (non-hydrogen) atoms. The topological polar surface area (TPSA) is 69.1 Å². The first-order valence-corrected chi connectivity index (χ1v) is 6.34. The van der Waals surface area contributed by atoms with Gasteiger partial charge in [0.05, 0.1) is 0 Å². The van der Waals surface area contributed by atoms with Crippen LogP contribution in [0, 0.1) is 0 Å². The van der Waals surface area contributed by atoms with Crippen LogP contribution in [0.2, 0.25) is 0 Å². The normalized spacial score (nSPS) is 17.2. The Morgan fingerprint density at radius 2 is 2.19 bits per heavy atom. The molecule has 0 atom stereocenters. The van der Waals surface area contributed by atoms with Gasteiger partial charge in [0.2, 0.25) is 4.96 Å². The molecule has 5 nitrogen and oxygen atoms in total. The first kappa shape index (κ1) is 10.2. The molecule has 1 aliphatic carbocycles. The number of hydrogen-bond donors (Lipinski definition) is 1. The highest BCUT2D eigenvalue weighted by Gasteiger charge is 2.30. The molecule has 0 aliphatic heterocycles. The summed E-state index contributed by atoms with van der Waals surface area (Å²) < 4.78 is 1.89. The largest absolute Gasteiger partial charge is 0.325 e. The highest BCUT2D eigenvalue weighted by Crippen LogP contribution is 2.39. The Labute approximate surface area is 97.7 Å². The van der Waals surface area contributed by atoms with Gasteiger partial charge in [-0.3, -0.25) is 0 Å². The zero-order valence-electron chi connectivity index (χ0n) is 9.47. The van der Waals surface area contributed by atoms with Gasteiger partial charge < -0.3 is 5.73 Å². The minimum atomic E-state index is -0.219. The lowest BCUT2D eigenvalue weighted by Gasteiger charge is -2.15. The minimum Gasteiger partial charge on any atom is -0.325 e. The van der Waals surface area contributed by atoms with E-state index in [1.165, 1.54) is 12.8 Å². The number of rotatable bonds is 3. The molecule has 1 aliphatic rings. The van der Waals surface area contributed by atoms with Gasteiger partial charge in [-0.05, 0) is 26.7 Å². The van der Waals surface area contributed by atoms with Crippen molar-refractivity contribution in [2.45, 2.75) is 44.6 Å². The van der Waals surface area contributed by atoms with Crippen molar-refractivity contribution in [1.82, 2.24) is 19.8 Å². The van der Waals surface area contributed by atoms with Crippen molar-refractivity contribution in [2.75, 3.05) is 0 Å². The number of hydrogen-bond acceptors (Lipinski definition) is 5. The zero-order chi connectivity index (χ0) is 11.3. The van der Waals surface area contributed by atoms with Crippen molar-refractivity contribution in [1.29, 1.82) is 0 Å². The first-order valence-electron chi connectivity index (χ1n) is 5.53. The Balaban J connectivity index is 1.96. The van der Waals surface area contributed by atoms with Gasteiger partial charge in [0, 0.05) is 17.9 Å². The Bertz CT molecular complexity index is 517. The van der Waals surface area contributed by atoms with Gasteiger partial charge in [0.25, 0.3) is 0 Å². The fourth-order valence-electron chi connectivity index (χ4n) is 1.73. The third-order valence-electron chi connectivity index (χ3n) is 2.61. The van der Waals surface area contributed by atoms with Gasteiger partial charge in [-0.25, -0.2) is 0 Å². The summed E-state index contributed by atoms with van der Waals surface area (Å²) in [6, 6.07) is 0. The van der Waals surface area contributed by atoms with Crippen molar-refractivity contribution in [3.8, 4) is 0 Å². The first-order chi connectivity index (χ1) is 7.53. The average Bonchev–Trinajstić information content (AvgIpc) is 2.78. The van der Waals surface area contributed by atoms with E-state index in [0.29, 0.717) is 5.92 Å². The van der Waals surface area contributed by atoms with Crippen molar-refractivity contribution in [2.24, 2.45) is 5.73 Å². The maximum atomic E-state index is 5.99. The SMILES string of the molecule is CC(C)(N)Cc1nn2c(C3CC3)nnc2s1. The quantitative estimate of drug-likeness (QED) is 0.874. The van der Waals surface area contributed by atoms with Crippen LogP contribution < -0.4 is 5.73 Å². The summed E-state index contributed by atoms with van der Waals surface area (Å²) in [6.07, 6.45) is 3.22. The second-order valence-electron chi connectivity index (χ2n) is 5.19. The monoisotopic (exact) mass is 237 g/mol. The highest BCUT2D eigenvalue weighted by molar-refractivity contribution is 7.16. The summed E-state index contributed by atoms with van der Waals surface area (Å²) in [4.78, 5) is 0.890. The predicted octanol–water partition coefficient (Wildman–Crippen LogP) is 1.34. The average molecular weight is 237 g/mol. The Morgan fingerprint density at radius 3 is 2.81 bits per heavy atom. The molecule has 0 spiro atoms. The van der Waals surface area contributed by atoms with Crippen molar-refractivity contribution in [3.05, 3.63) is 10.8 Å². The lowest BCUT2D eigenvalue weighted by Crippen LogP contribution is -2.34. The van der Waals surface area contributed by atoms with E-state index in [1.807, 2.05) is 18.4 Å². The number of nitrogens with zero attached hydrogens (tertiary/aromatic N) is 4. The predicted molar refractivity (Wildman–Crippen MR) is 62.6 cm³/mol. The van der Waals surface area contributed by atoms with E-state index in [9.17, 15) is 0 Å². The van der Waals surface area contributed by atoms with E-state index in [1.54, 1.807) is 11.3 Å². The second-order valence-corrected chi connectivity index (χ2v) is 6.23. The Morgan fingerprint density at radius 1 is 1.44 bits per heavy atom. The minimum absolute atomic E-state index is 0.219. The van der Waals surface area contributed by atoms with Crippen LogP contribution >= 0.6 is 11.3 Å². The van der Waals surface area contributed by atoms with E-state index in [0.717, 1.165) is 22.2 Å². The summed E-state index contributed by atoms with van der Waals surface area (Å²) in [6.45, 7) is 4.02. The molecule has 0 saturated heterocycles. The fourth-order valence-corrected chi connectivity index (χ4v) is 2.81. The third-order valence-corrected chi connectivity index (χ3v) is 3.50. The van der Waals surface area contributed by atoms with Crippen molar-refractivity contribution >= 4 is 16.3 Å². The van der Waals surface area contributed by atoms with Crippen LogP contribution in [0.4, 0.5) is 0 Å². The molecule has 86 valence electrons. The molecular weight excluding hydrogens is 222 g/mol. The summed E-state index contributed by atoms with van der Waals surface area (Å²) in [5.41, 5.74) is 5.77. The maximum absolute atomic E-state index is 5.99. The number of nitrogens with two attached hydrogens (primary N) is 1. The maximum Gasteiger partial charge on any atom is 0.234 e. The van der Waals surface area contributed by atoms with Gasteiger partial charge >= 0.3 is 0 Å². The van der Waals surface area contributed by atoms with Crippen LogP contribution in [0.1, 0.15) is 43.4 Å². The van der Waals surface area contributed by atoms with Gasteiger partial charge in [0.15, 0.2) is 5.82 Å². The molecule has 1 fully saturated rings. The molecule has 2 heterocycles. The smallest absolute Gasteiger partial charge is 0.234 e. The summed E-state index contributed by atoms with van der Waals surface area (Å²) in [7, 11) is 0. The molecule has 2 aromatic rings. The zero-order valence-corrected chi connectivity index (χ0v) is 10.3. The van der Waals surface area contributed by atoms with Gasteiger partial charge in [-0.15, -0.1) is 10.2 Å². The molecule has 0 amide bonds. The molecule has 6 heteroatoms. The summed E-state index contributed by atoms with van der Waals surface area (Å²) in [5, 5.41) is 13.9. The molecule has 0 aromatic carbocycles. The molecule has 1 saturated carbocycles. The van der Waals surface area contributed by atoms with E-state index in [4.69, 9.17) is 5.73 Å². The third kappa shape index (κ3) is 1.82. The molecular formula is C10H15N5S. The second kappa shape index (κ2) is 3.24. The van der Waals surface area contributed by atoms with Crippen LogP contribution in [0.5, 0.6) is 0 Å². The fraction of sp³-hybridized carbons (Fsp3) is 0.700. The van der Waals surface area contributed by atoms with E-state index in [-0.39, 0.29) is 5.54 Å². The standard InChI is InChI=1S/C10H15N5S/c1-10(2,11)5-7-14-15-8(6-3-4-6)12-13-9(15)16-7/h6H,3-5,11H2,1-2H3. The Hall–Kier alpha value is -1.01. The Kier molecular flexibility index (Phi) is 2.06. The lowest BCUT2D eigenvalue weighted by molar-refractivity contribution is 0.512. The van der Waals surface area contributed by atoms with Crippen LogP contribution in [0.3, 0.4) is 0 Å². The van der Waals surface area contributed by atoms with E-state index < -0.39 is 0 Å². The molecule has 2 aromatic heterocycles. The van der Waals surface area contributed by atoms with E-state index >= 15 is 0 Å². The van der Waals surface area contributed by atoms with Gasteiger partial charge in [-0.1, -0.05) is 11.3 Å². The molecule has 0 bridgehead atoms. The van der Waals surface area contributed by atoms with Gasteiger partial charge in [0.1, 0.15) is 5.01 Å². The summed E-state index contributed by atoms with van der Waals surface area (Å²) in [5.74, 6) is 1.60. The van der Waals surface area contributed by atoms with Crippen LogP contribution in [-0.4, -0.2) is 25.4 Å². The van der Waals surface area contributed by atoms with Crippen LogP contribution in [-0.2, 0) is 6.42 Å². The lowest BCUT2D eigenvalue weighted by atomic mass is 10.0.